The first-order valence-corrected chi connectivity index (χ1v) is 8.57. The number of carbonyl (C=O) groups excluding carboxylic acids is 3. The molecule has 2 aromatic carbocycles. The molecular weight excluding hydrogens is 330 g/mol. The second kappa shape index (κ2) is 7.82. The summed E-state index contributed by atoms with van der Waals surface area (Å²) in [5.41, 5.74) is 2.71. The molecule has 1 fully saturated rings. The second-order valence-electron chi connectivity index (χ2n) is 6.39. The van der Waals surface area contributed by atoms with Gasteiger partial charge in [0.05, 0.1) is 6.54 Å². The van der Waals surface area contributed by atoms with E-state index >= 15 is 0 Å². The molecule has 0 unspecified atom stereocenters. The molecule has 6 heteroatoms. The number of rotatable bonds is 6. The number of anilines is 2. The monoisotopic (exact) mass is 351 g/mol. The van der Waals surface area contributed by atoms with Gasteiger partial charge in [-0.05, 0) is 55.7 Å². The summed E-state index contributed by atoms with van der Waals surface area (Å²) in [6.45, 7) is 1.73. The molecule has 26 heavy (non-hydrogen) atoms. The summed E-state index contributed by atoms with van der Waals surface area (Å²) in [6.07, 6.45) is 1.91. The van der Waals surface area contributed by atoms with Gasteiger partial charge in [-0.3, -0.25) is 14.4 Å². The molecule has 2 aromatic rings. The van der Waals surface area contributed by atoms with Gasteiger partial charge in [0, 0.05) is 22.9 Å². The zero-order valence-electron chi connectivity index (χ0n) is 14.5. The molecular formula is C20H21N3O3. The molecule has 0 radical (unpaired) electrons. The van der Waals surface area contributed by atoms with Gasteiger partial charge in [-0.15, -0.1) is 0 Å². The van der Waals surface area contributed by atoms with Gasteiger partial charge in [0.25, 0.3) is 5.91 Å². The number of aryl methyl sites for hydroxylation is 1. The van der Waals surface area contributed by atoms with Crippen LogP contribution in [-0.4, -0.2) is 24.3 Å². The fraction of sp³-hybridized carbons (Fsp3) is 0.250. The van der Waals surface area contributed by atoms with E-state index in [1.807, 2.05) is 19.1 Å². The van der Waals surface area contributed by atoms with Crippen molar-refractivity contribution < 1.29 is 14.4 Å². The third-order valence-electron chi connectivity index (χ3n) is 4.18. The molecule has 0 spiro atoms. The number of amides is 3. The van der Waals surface area contributed by atoms with Crippen LogP contribution < -0.4 is 16.0 Å². The SMILES string of the molecule is Cc1ccccc1C(=O)NCC(=O)Nc1ccc(NC(=O)C2CC2)cc1. The van der Waals surface area contributed by atoms with E-state index in [0.717, 1.165) is 18.4 Å². The van der Waals surface area contributed by atoms with Crippen LogP contribution in [0.15, 0.2) is 48.5 Å². The van der Waals surface area contributed by atoms with E-state index in [2.05, 4.69) is 16.0 Å². The van der Waals surface area contributed by atoms with E-state index < -0.39 is 0 Å². The normalized spacial score (nSPS) is 13.0. The summed E-state index contributed by atoms with van der Waals surface area (Å²) in [5.74, 6) is -0.412. The molecule has 134 valence electrons. The maximum atomic E-state index is 12.1. The van der Waals surface area contributed by atoms with Gasteiger partial charge < -0.3 is 16.0 Å². The largest absolute Gasteiger partial charge is 0.343 e. The second-order valence-corrected chi connectivity index (χ2v) is 6.39. The Kier molecular flexibility index (Phi) is 5.31. The summed E-state index contributed by atoms with van der Waals surface area (Å²) in [4.78, 5) is 35.8. The number of hydrogen-bond donors (Lipinski definition) is 3. The Bertz CT molecular complexity index is 826. The highest BCUT2D eigenvalue weighted by atomic mass is 16.2. The number of benzene rings is 2. The van der Waals surface area contributed by atoms with Gasteiger partial charge in [-0.1, -0.05) is 18.2 Å². The van der Waals surface area contributed by atoms with E-state index in [-0.39, 0.29) is 30.2 Å². The highest BCUT2D eigenvalue weighted by Crippen LogP contribution is 2.30. The Morgan fingerprint density at radius 2 is 1.54 bits per heavy atom. The lowest BCUT2D eigenvalue weighted by atomic mass is 10.1. The molecule has 3 N–H and O–H groups in total. The van der Waals surface area contributed by atoms with Gasteiger partial charge in [-0.2, -0.15) is 0 Å². The van der Waals surface area contributed by atoms with Gasteiger partial charge in [0.1, 0.15) is 0 Å². The van der Waals surface area contributed by atoms with Crippen LogP contribution in [0.4, 0.5) is 11.4 Å². The van der Waals surface area contributed by atoms with Crippen molar-refractivity contribution in [3.63, 3.8) is 0 Å². The summed E-state index contributed by atoms with van der Waals surface area (Å²) < 4.78 is 0. The van der Waals surface area contributed by atoms with Crippen LogP contribution in [0.1, 0.15) is 28.8 Å². The van der Waals surface area contributed by atoms with Crippen molar-refractivity contribution in [2.75, 3.05) is 17.2 Å². The highest BCUT2D eigenvalue weighted by molar-refractivity contribution is 6.00. The van der Waals surface area contributed by atoms with Gasteiger partial charge >= 0.3 is 0 Å². The van der Waals surface area contributed by atoms with Crippen LogP contribution in [0.5, 0.6) is 0 Å². The molecule has 0 saturated heterocycles. The van der Waals surface area contributed by atoms with Gasteiger partial charge in [-0.25, -0.2) is 0 Å². The van der Waals surface area contributed by atoms with E-state index in [0.29, 0.717) is 16.9 Å². The molecule has 3 rings (SSSR count). The lowest BCUT2D eigenvalue weighted by molar-refractivity contribution is -0.117. The minimum absolute atomic E-state index is 0.0423. The zero-order valence-corrected chi connectivity index (χ0v) is 14.5. The van der Waals surface area contributed by atoms with Crippen molar-refractivity contribution in [2.24, 2.45) is 5.92 Å². The summed E-state index contributed by atoms with van der Waals surface area (Å²) in [5, 5.41) is 8.16. The molecule has 3 amide bonds. The number of carbonyl (C=O) groups is 3. The van der Waals surface area contributed by atoms with Crippen LogP contribution in [0.25, 0.3) is 0 Å². The molecule has 0 aromatic heterocycles. The quantitative estimate of drug-likeness (QED) is 0.748. The summed E-state index contributed by atoms with van der Waals surface area (Å²) in [7, 11) is 0. The third kappa shape index (κ3) is 4.69. The van der Waals surface area contributed by atoms with Gasteiger partial charge in [0.15, 0.2) is 0 Å². The molecule has 1 saturated carbocycles. The van der Waals surface area contributed by atoms with Crippen molar-refractivity contribution >= 4 is 29.1 Å². The molecule has 1 aliphatic rings. The Morgan fingerprint density at radius 1 is 0.923 bits per heavy atom. The predicted octanol–water partition coefficient (Wildman–Crippen LogP) is 2.71. The maximum absolute atomic E-state index is 12.1. The van der Waals surface area contributed by atoms with Crippen LogP contribution in [0.2, 0.25) is 0 Å². The molecule has 6 nitrogen and oxygen atoms in total. The molecule has 0 atom stereocenters. The Hall–Kier alpha value is -3.15. The first-order chi connectivity index (χ1) is 12.5. The predicted molar refractivity (Wildman–Crippen MR) is 99.9 cm³/mol. The van der Waals surface area contributed by atoms with Crippen LogP contribution >= 0.6 is 0 Å². The maximum Gasteiger partial charge on any atom is 0.251 e. The van der Waals surface area contributed by atoms with E-state index in [1.165, 1.54) is 0 Å². The van der Waals surface area contributed by atoms with Crippen LogP contribution in [-0.2, 0) is 9.59 Å². The third-order valence-corrected chi connectivity index (χ3v) is 4.18. The highest BCUT2D eigenvalue weighted by Gasteiger charge is 2.29. The van der Waals surface area contributed by atoms with Crippen LogP contribution in [0.3, 0.4) is 0 Å². The Labute approximate surface area is 152 Å². The molecule has 0 bridgehead atoms. The van der Waals surface area contributed by atoms with Crippen molar-refractivity contribution in [1.29, 1.82) is 0 Å². The lowest BCUT2D eigenvalue weighted by Gasteiger charge is -2.09. The summed E-state index contributed by atoms with van der Waals surface area (Å²) in [6, 6.07) is 14.1. The van der Waals surface area contributed by atoms with Crippen molar-refractivity contribution in [3.05, 3.63) is 59.7 Å². The van der Waals surface area contributed by atoms with E-state index in [1.54, 1.807) is 36.4 Å². The fourth-order valence-corrected chi connectivity index (χ4v) is 2.52. The first kappa shape index (κ1) is 17.7. The Balaban J connectivity index is 1.47. The minimum Gasteiger partial charge on any atom is -0.343 e. The molecule has 0 aliphatic heterocycles. The Morgan fingerprint density at radius 3 is 2.15 bits per heavy atom. The average molecular weight is 351 g/mol. The fourth-order valence-electron chi connectivity index (χ4n) is 2.52. The van der Waals surface area contributed by atoms with Gasteiger partial charge in [0.2, 0.25) is 11.8 Å². The summed E-state index contributed by atoms with van der Waals surface area (Å²) >= 11 is 0. The first-order valence-electron chi connectivity index (χ1n) is 8.57. The number of nitrogens with one attached hydrogen (secondary N) is 3. The zero-order chi connectivity index (χ0) is 18.5. The van der Waals surface area contributed by atoms with E-state index in [9.17, 15) is 14.4 Å². The topological polar surface area (TPSA) is 87.3 Å². The van der Waals surface area contributed by atoms with Crippen molar-refractivity contribution in [3.8, 4) is 0 Å². The smallest absolute Gasteiger partial charge is 0.251 e. The average Bonchev–Trinajstić information content (AvgIpc) is 3.47. The lowest BCUT2D eigenvalue weighted by Crippen LogP contribution is -2.33. The molecule has 0 heterocycles. The number of hydrogen-bond acceptors (Lipinski definition) is 3. The van der Waals surface area contributed by atoms with E-state index in [4.69, 9.17) is 0 Å². The standard InChI is InChI=1S/C20H21N3O3/c1-13-4-2-3-5-17(13)20(26)21-12-18(24)22-15-8-10-16(11-9-15)23-19(25)14-6-7-14/h2-5,8-11,14H,6-7,12H2,1H3,(H,21,26)(H,22,24)(H,23,25). The van der Waals surface area contributed by atoms with Crippen molar-refractivity contribution in [1.82, 2.24) is 5.32 Å². The van der Waals surface area contributed by atoms with Crippen LogP contribution in [0, 0.1) is 12.8 Å². The molecule has 1 aliphatic carbocycles. The van der Waals surface area contributed by atoms with Crippen molar-refractivity contribution in [2.45, 2.75) is 19.8 Å². The minimum atomic E-state index is -0.318.